The molecule has 0 saturated heterocycles. The Morgan fingerprint density at radius 1 is 1.04 bits per heavy atom. The van der Waals surface area contributed by atoms with Crippen LogP contribution in [0.5, 0.6) is 0 Å². The molecule has 28 heavy (non-hydrogen) atoms. The zero-order valence-electron chi connectivity index (χ0n) is 14.5. The second-order valence-electron chi connectivity index (χ2n) is 6.30. The number of rotatable bonds is 4. The van der Waals surface area contributed by atoms with Crippen LogP contribution < -0.4 is 4.83 Å². The lowest BCUT2D eigenvalue weighted by atomic mass is 10.1. The van der Waals surface area contributed by atoms with Crippen molar-refractivity contribution in [3.05, 3.63) is 81.4 Å². The Morgan fingerprint density at radius 2 is 1.71 bits per heavy atom. The summed E-state index contributed by atoms with van der Waals surface area (Å²) in [6, 6.07) is 14.1. The van der Waals surface area contributed by atoms with E-state index in [0.717, 1.165) is 16.8 Å². The van der Waals surface area contributed by atoms with E-state index in [-0.39, 0.29) is 22.1 Å². The maximum atomic E-state index is 12.7. The minimum atomic E-state index is -4.19. The number of hydrogen-bond donors (Lipinski definition) is 1. The van der Waals surface area contributed by atoms with E-state index in [1.54, 1.807) is 24.3 Å². The summed E-state index contributed by atoms with van der Waals surface area (Å²) in [6.45, 7) is 1.51. The smallest absolute Gasteiger partial charge is 0.276 e. The van der Waals surface area contributed by atoms with E-state index >= 15 is 0 Å². The zero-order chi connectivity index (χ0) is 20.1. The summed E-state index contributed by atoms with van der Waals surface area (Å²) in [5.74, 6) is -0.385. The van der Waals surface area contributed by atoms with E-state index in [1.807, 2.05) is 17.0 Å². The first kappa shape index (κ1) is 17.8. The highest BCUT2D eigenvalue weighted by molar-refractivity contribution is 7.89. The number of benzene rings is 3. The van der Waals surface area contributed by atoms with Crippen LogP contribution in [-0.4, -0.2) is 24.8 Å². The molecule has 4 rings (SSSR count). The molecule has 0 bridgehead atoms. The molecule has 3 aromatic rings. The SMILES string of the molecule is Cc1ccc(S(=O)(=O)N/N=C2\C(=O)c3cccc4cccc2c34)cc1[N+](=O)[O-]. The Balaban J connectivity index is 1.74. The van der Waals surface area contributed by atoms with Crippen LogP contribution in [0.1, 0.15) is 21.5 Å². The predicted octanol–water partition coefficient (Wildman–Crippen LogP) is 2.94. The highest BCUT2D eigenvalue weighted by Crippen LogP contribution is 2.31. The number of ketones is 1. The standard InChI is InChI=1S/C19H13N3O5S/c1-11-8-9-13(10-16(11)22(24)25)28(26,27)21-20-18-14-6-2-4-12-5-3-7-15(17(12)14)19(18)23/h2-10,21H,1H3/b20-18-. The molecule has 1 aliphatic rings. The lowest BCUT2D eigenvalue weighted by molar-refractivity contribution is -0.385. The van der Waals surface area contributed by atoms with E-state index in [9.17, 15) is 23.3 Å². The maximum Gasteiger partial charge on any atom is 0.276 e. The minimum absolute atomic E-state index is 0.0167. The molecular weight excluding hydrogens is 382 g/mol. The maximum absolute atomic E-state index is 12.7. The molecule has 1 N–H and O–H groups in total. The first-order valence-electron chi connectivity index (χ1n) is 8.21. The largest absolute Gasteiger partial charge is 0.287 e. The van der Waals surface area contributed by atoms with Crippen molar-refractivity contribution in [2.45, 2.75) is 11.8 Å². The van der Waals surface area contributed by atoms with Gasteiger partial charge in [-0.2, -0.15) is 18.4 Å². The number of nitro groups is 1. The van der Waals surface area contributed by atoms with Crippen LogP contribution in [0.3, 0.4) is 0 Å². The summed E-state index contributed by atoms with van der Waals surface area (Å²) < 4.78 is 25.1. The molecule has 140 valence electrons. The van der Waals surface area contributed by atoms with E-state index in [1.165, 1.54) is 19.1 Å². The van der Waals surface area contributed by atoms with Gasteiger partial charge < -0.3 is 0 Å². The fourth-order valence-electron chi connectivity index (χ4n) is 3.20. The molecule has 0 aliphatic heterocycles. The van der Waals surface area contributed by atoms with Gasteiger partial charge >= 0.3 is 0 Å². The fourth-order valence-corrected chi connectivity index (χ4v) is 4.03. The number of nitro benzene ring substituents is 1. The molecule has 0 unspecified atom stereocenters. The second kappa shape index (κ2) is 6.24. The summed E-state index contributed by atoms with van der Waals surface area (Å²) >= 11 is 0. The highest BCUT2D eigenvalue weighted by Gasteiger charge is 2.29. The third-order valence-corrected chi connectivity index (χ3v) is 5.79. The van der Waals surface area contributed by atoms with Gasteiger partial charge in [-0.1, -0.05) is 42.5 Å². The van der Waals surface area contributed by atoms with Gasteiger partial charge in [-0.15, -0.1) is 0 Å². The van der Waals surface area contributed by atoms with Crippen LogP contribution in [0.25, 0.3) is 10.8 Å². The minimum Gasteiger partial charge on any atom is -0.287 e. The summed E-state index contributed by atoms with van der Waals surface area (Å²) in [5.41, 5.74) is 0.998. The lowest BCUT2D eigenvalue weighted by Crippen LogP contribution is -2.22. The van der Waals surface area contributed by atoms with Gasteiger partial charge in [-0.25, -0.2) is 0 Å². The van der Waals surface area contributed by atoms with Crippen molar-refractivity contribution < 1.29 is 18.1 Å². The molecule has 0 saturated carbocycles. The van der Waals surface area contributed by atoms with Crippen molar-refractivity contribution in [1.29, 1.82) is 0 Å². The zero-order valence-corrected chi connectivity index (χ0v) is 15.4. The van der Waals surface area contributed by atoms with Crippen molar-refractivity contribution in [3.63, 3.8) is 0 Å². The van der Waals surface area contributed by atoms with Crippen molar-refractivity contribution in [3.8, 4) is 0 Å². The van der Waals surface area contributed by atoms with Gasteiger partial charge in [-0.05, 0) is 18.4 Å². The van der Waals surface area contributed by atoms with Crippen LogP contribution >= 0.6 is 0 Å². The van der Waals surface area contributed by atoms with Gasteiger partial charge in [0.05, 0.1) is 9.82 Å². The second-order valence-corrected chi connectivity index (χ2v) is 7.96. The number of nitrogens with one attached hydrogen (secondary N) is 1. The summed E-state index contributed by atoms with van der Waals surface area (Å²) in [7, 11) is -4.19. The Labute approximate surface area is 159 Å². The van der Waals surface area contributed by atoms with Crippen molar-refractivity contribution in [2.24, 2.45) is 5.10 Å². The van der Waals surface area contributed by atoms with Crippen molar-refractivity contribution in [1.82, 2.24) is 4.83 Å². The van der Waals surface area contributed by atoms with Crippen molar-refractivity contribution >= 4 is 38.0 Å². The Bertz CT molecular complexity index is 1310. The molecule has 0 heterocycles. The molecule has 0 spiro atoms. The summed E-state index contributed by atoms with van der Waals surface area (Å²) in [4.78, 5) is 24.8. The molecule has 3 aromatic carbocycles. The summed E-state index contributed by atoms with van der Waals surface area (Å²) in [5, 5.41) is 16.5. The Morgan fingerprint density at radius 3 is 2.39 bits per heavy atom. The molecule has 0 atom stereocenters. The van der Waals surface area contributed by atoms with Crippen LogP contribution in [0.4, 0.5) is 5.69 Å². The van der Waals surface area contributed by atoms with E-state index in [0.29, 0.717) is 16.7 Å². The third-order valence-electron chi connectivity index (χ3n) is 4.58. The molecule has 0 amide bonds. The number of aryl methyl sites for hydroxylation is 1. The van der Waals surface area contributed by atoms with E-state index in [4.69, 9.17) is 0 Å². The number of Topliss-reactive ketones (excluding diaryl/α,β-unsaturated/α-hetero) is 1. The molecular formula is C19H13N3O5S. The highest BCUT2D eigenvalue weighted by atomic mass is 32.2. The van der Waals surface area contributed by atoms with Gasteiger partial charge in [0.25, 0.3) is 15.7 Å². The first-order chi connectivity index (χ1) is 13.3. The lowest BCUT2D eigenvalue weighted by Gasteiger charge is -2.06. The van der Waals surface area contributed by atoms with E-state index in [2.05, 4.69) is 5.10 Å². The topological polar surface area (TPSA) is 119 Å². The molecule has 0 fully saturated rings. The Kier molecular flexibility index (Phi) is 3.97. The van der Waals surface area contributed by atoms with Crippen molar-refractivity contribution in [2.75, 3.05) is 0 Å². The van der Waals surface area contributed by atoms with Gasteiger partial charge in [0.1, 0.15) is 5.71 Å². The Hall–Kier alpha value is -3.59. The monoisotopic (exact) mass is 395 g/mol. The molecule has 0 radical (unpaired) electrons. The van der Waals surface area contributed by atoms with Gasteiger partial charge in [-0.3, -0.25) is 14.9 Å². The number of nitrogens with zero attached hydrogens (tertiary/aromatic N) is 2. The number of hydrogen-bond acceptors (Lipinski definition) is 6. The number of carbonyl (C=O) groups excluding carboxylic acids is 1. The van der Waals surface area contributed by atoms with Crippen LogP contribution in [-0.2, 0) is 10.0 Å². The van der Waals surface area contributed by atoms with Crippen LogP contribution in [0.15, 0.2) is 64.6 Å². The normalized spacial score (nSPS) is 14.6. The van der Waals surface area contributed by atoms with E-state index < -0.39 is 14.9 Å². The number of sulfonamides is 1. The van der Waals surface area contributed by atoms with Gasteiger partial charge in [0.2, 0.25) is 5.78 Å². The van der Waals surface area contributed by atoms with Gasteiger partial charge in [0.15, 0.2) is 0 Å². The number of hydrazone groups is 1. The average molecular weight is 395 g/mol. The van der Waals surface area contributed by atoms with Gasteiger partial charge in [0, 0.05) is 28.1 Å². The number of carbonyl (C=O) groups is 1. The quantitative estimate of drug-likeness (QED) is 0.538. The molecule has 9 heteroatoms. The van der Waals surface area contributed by atoms with Crippen LogP contribution in [0, 0.1) is 17.0 Å². The first-order valence-corrected chi connectivity index (χ1v) is 9.69. The molecule has 1 aliphatic carbocycles. The summed E-state index contributed by atoms with van der Waals surface area (Å²) in [6.07, 6.45) is 0. The van der Waals surface area contributed by atoms with Crippen LogP contribution in [0.2, 0.25) is 0 Å². The molecule has 8 nitrogen and oxygen atoms in total. The fraction of sp³-hybridized carbons (Fsp3) is 0.0526. The third kappa shape index (κ3) is 2.72. The molecule has 0 aromatic heterocycles. The average Bonchev–Trinajstić information content (AvgIpc) is 2.94. The predicted molar refractivity (Wildman–Crippen MR) is 103 cm³/mol.